The van der Waals surface area contributed by atoms with E-state index in [-0.39, 0.29) is 10.6 Å². The maximum atomic E-state index is 12.6. The van der Waals surface area contributed by atoms with Crippen LogP contribution in [-0.2, 0) is 10.0 Å². The van der Waals surface area contributed by atoms with Gasteiger partial charge in [-0.25, -0.2) is 17.4 Å². The van der Waals surface area contributed by atoms with E-state index in [1.54, 1.807) is 13.0 Å². The molecule has 0 amide bonds. The number of ether oxygens (including phenoxy) is 2. The second-order valence-electron chi connectivity index (χ2n) is 3.91. The van der Waals surface area contributed by atoms with Gasteiger partial charge < -0.3 is 9.47 Å². The van der Waals surface area contributed by atoms with E-state index in [9.17, 15) is 8.42 Å². The molecule has 0 saturated heterocycles. The molecule has 6 nitrogen and oxygen atoms in total. The summed E-state index contributed by atoms with van der Waals surface area (Å²) < 4.78 is 37.3. The highest BCUT2D eigenvalue weighted by Gasteiger charge is 2.25. The minimum atomic E-state index is -3.79. The van der Waals surface area contributed by atoms with Gasteiger partial charge in [0.1, 0.15) is 22.2 Å². The lowest BCUT2D eigenvalue weighted by Gasteiger charge is -2.13. The van der Waals surface area contributed by atoms with Gasteiger partial charge >= 0.3 is 0 Å². The highest BCUT2D eigenvalue weighted by molar-refractivity contribution is 9.10. The number of methoxy groups -OCH3 is 2. The smallest absolute Gasteiger partial charge is 0.272 e. The molecule has 0 atom stereocenters. The zero-order valence-corrected chi connectivity index (χ0v) is 13.5. The lowest BCUT2D eigenvalue weighted by molar-refractivity contribution is 0.390. The molecule has 0 saturated carbocycles. The summed E-state index contributed by atoms with van der Waals surface area (Å²) in [7, 11) is -0.916. The fourth-order valence-electron chi connectivity index (χ4n) is 1.76. The monoisotopic (exact) mass is 360 g/mol. The van der Waals surface area contributed by atoms with Crippen molar-refractivity contribution in [1.82, 2.24) is 8.96 Å². The predicted octanol–water partition coefficient (Wildman–Crippen LogP) is 2.21. The molecule has 0 fully saturated rings. The maximum Gasteiger partial charge on any atom is 0.272 e. The summed E-state index contributed by atoms with van der Waals surface area (Å²) >= 11 is 3.29. The summed E-state index contributed by atoms with van der Waals surface area (Å²) in [6.45, 7) is 1.61. The first kappa shape index (κ1) is 14.9. The second kappa shape index (κ2) is 5.45. The first-order chi connectivity index (χ1) is 9.41. The van der Waals surface area contributed by atoms with Gasteiger partial charge in [-0.05, 0) is 28.9 Å². The third kappa shape index (κ3) is 2.40. The third-order valence-corrected chi connectivity index (χ3v) is 5.16. The van der Waals surface area contributed by atoms with Crippen LogP contribution in [0.25, 0.3) is 0 Å². The molecule has 0 N–H and O–H groups in total. The first-order valence-electron chi connectivity index (χ1n) is 5.59. The minimum Gasteiger partial charge on any atom is -0.496 e. The highest BCUT2D eigenvalue weighted by Crippen LogP contribution is 2.36. The molecule has 0 spiro atoms. The SMILES string of the molecule is COc1cc(S(=O)(=O)n2ccnc2C)c(OC)cc1Br. The van der Waals surface area contributed by atoms with Gasteiger partial charge in [-0.15, -0.1) is 0 Å². The van der Waals surface area contributed by atoms with Crippen LogP contribution in [0.5, 0.6) is 11.5 Å². The normalized spacial score (nSPS) is 11.4. The Hall–Kier alpha value is -1.54. The van der Waals surface area contributed by atoms with Crippen LogP contribution in [0.4, 0.5) is 0 Å². The average molecular weight is 361 g/mol. The van der Waals surface area contributed by atoms with Gasteiger partial charge in [0.25, 0.3) is 10.0 Å². The summed E-state index contributed by atoms with van der Waals surface area (Å²) in [5.41, 5.74) is 0. The van der Waals surface area contributed by atoms with Crippen molar-refractivity contribution in [2.75, 3.05) is 14.2 Å². The van der Waals surface area contributed by atoms with Crippen molar-refractivity contribution < 1.29 is 17.9 Å². The fourth-order valence-corrected chi connectivity index (χ4v) is 3.72. The van der Waals surface area contributed by atoms with Crippen molar-refractivity contribution in [3.8, 4) is 11.5 Å². The Labute approximate surface area is 125 Å². The number of benzene rings is 1. The Morgan fingerprint density at radius 1 is 1.20 bits per heavy atom. The number of aromatic nitrogens is 2. The van der Waals surface area contributed by atoms with Gasteiger partial charge in [-0.2, -0.15) is 0 Å². The quantitative estimate of drug-likeness (QED) is 0.835. The van der Waals surface area contributed by atoms with Crippen molar-refractivity contribution in [2.24, 2.45) is 0 Å². The summed E-state index contributed by atoms with van der Waals surface area (Å²) in [5, 5.41) is 0. The zero-order chi connectivity index (χ0) is 14.9. The van der Waals surface area contributed by atoms with Crippen molar-refractivity contribution in [1.29, 1.82) is 0 Å². The fraction of sp³-hybridized carbons (Fsp3) is 0.250. The second-order valence-corrected chi connectivity index (χ2v) is 6.55. The molecule has 0 unspecified atom stereocenters. The largest absolute Gasteiger partial charge is 0.496 e. The summed E-state index contributed by atoms with van der Waals surface area (Å²) in [6.07, 6.45) is 2.81. The van der Waals surface area contributed by atoms with E-state index in [0.717, 1.165) is 3.97 Å². The number of hydrogen-bond donors (Lipinski definition) is 0. The van der Waals surface area contributed by atoms with E-state index in [2.05, 4.69) is 20.9 Å². The van der Waals surface area contributed by atoms with E-state index in [1.165, 1.54) is 32.7 Å². The molecule has 0 aliphatic rings. The lowest BCUT2D eigenvalue weighted by atomic mass is 10.3. The summed E-state index contributed by atoms with van der Waals surface area (Å²) in [6, 6.07) is 2.97. The zero-order valence-electron chi connectivity index (χ0n) is 11.1. The maximum absolute atomic E-state index is 12.6. The van der Waals surface area contributed by atoms with Crippen LogP contribution in [0.2, 0.25) is 0 Å². The number of hydrogen-bond acceptors (Lipinski definition) is 5. The van der Waals surface area contributed by atoms with E-state index in [4.69, 9.17) is 9.47 Å². The van der Waals surface area contributed by atoms with E-state index in [1.807, 2.05) is 0 Å². The number of rotatable bonds is 4. The molecular formula is C12H13BrN2O4S. The summed E-state index contributed by atoms with van der Waals surface area (Å²) in [4.78, 5) is 3.94. The van der Waals surface area contributed by atoms with Crippen LogP contribution in [0.3, 0.4) is 0 Å². The first-order valence-corrected chi connectivity index (χ1v) is 7.82. The molecule has 2 aromatic rings. The molecule has 108 valence electrons. The van der Waals surface area contributed by atoms with Crippen LogP contribution in [0, 0.1) is 6.92 Å². The standard InChI is InChI=1S/C12H13BrN2O4S/c1-8-14-4-5-15(8)20(16,17)12-7-10(18-2)9(13)6-11(12)19-3/h4-7H,1-3H3. The molecule has 0 radical (unpaired) electrons. The molecule has 2 rings (SSSR count). The van der Waals surface area contributed by atoms with Crippen molar-refractivity contribution >= 4 is 26.0 Å². The van der Waals surface area contributed by atoms with Crippen molar-refractivity contribution in [2.45, 2.75) is 11.8 Å². The number of imidazole rings is 1. The molecule has 0 bridgehead atoms. The molecule has 8 heteroatoms. The van der Waals surface area contributed by atoms with E-state index >= 15 is 0 Å². The predicted molar refractivity (Wildman–Crippen MR) is 76.8 cm³/mol. The molecule has 1 aromatic carbocycles. The number of nitrogens with zero attached hydrogens (tertiary/aromatic N) is 2. The van der Waals surface area contributed by atoms with Crippen LogP contribution in [-0.4, -0.2) is 31.6 Å². The van der Waals surface area contributed by atoms with Crippen LogP contribution in [0.15, 0.2) is 33.9 Å². The molecule has 1 aromatic heterocycles. The van der Waals surface area contributed by atoms with Gasteiger partial charge in [-0.1, -0.05) is 0 Å². The Kier molecular flexibility index (Phi) is 4.05. The van der Waals surface area contributed by atoms with E-state index < -0.39 is 10.0 Å². The average Bonchev–Trinajstić information content (AvgIpc) is 2.85. The van der Waals surface area contributed by atoms with Gasteiger partial charge in [-0.3, -0.25) is 0 Å². The van der Waals surface area contributed by atoms with Crippen LogP contribution >= 0.6 is 15.9 Å². The Morgan fingerprint density at radius 2 is 1.85 bits per heavy atom. The Morgan fingerprint density at radius 3 is 2.35 bits per heavy atom. The highest BCUT2D eigenvalue weighted by atomic mass is 79.9. The van der Waals surface area contributed by atoms with Gasteiger partial charge in [0.2, 0.25) is 0 Å². The topological polar surface area (TPSA) is 70.4 Å². The molecule has 0 aliphatic carbocycles. The number of aryl methyl sites for hydroxylation is 1. The molecule has 20 heavy (non-hydrogen) atoms. The summed E-state index contributed by atoms with van der Waals surface area (Å²) in [5.74, 6) is 1.00. The third-order valence-electron chi connectivity index (χ3n) is 2.76. The van der Waals surface area contributed by atoms with Gasteiger partial charge in [0.15, 0.2) is 0 Å². The van der Waals surface area contributed by atoms with Crippen LogP contribution < -0.4 is 9.47 Å². The lowest BCUT2D eigenvalue weighted by Crippen LogP contribution is -2.15. The Balaban J connectivity index is 2.71. The van der Waals surface area contributed by atoms with E-state index in [0.29, 0.717) is 16.0 Å². The van der Waals surface area contributed by atoms with Gasteiger partial charge in [0.05, 0.1) is 18.7 Å². The minimum absolute atomic E-state index is 0.0150. The Bertz CT molecular complexity index is 740. The van der Waals surface area contributed by atoms with Crippen LogP contribution in [0.1, 0.15) is 5.82 Å². The molecular weight excluding hydrogens is 348 g/mol. The van der Waals surface area contributed by atoms with Gasteiger partial charge in [0, 0.05) is 18.5 Å². The number of halogens is 1. The van der Waals surface area contributed by atoms with Crippen molar-refractivity contribution in [3.63, 3.8) is 0 Å². The molecule has 1 heterocycles. The van der Waals surface area contributed by atoms with Crippen molar-refractivity contribution in [3.05, 3.63) is 34.8 Å². The molecule has 0 aliphatic heterocycles.